The fourth-order valence-corrected chi connectivity index (χ4v) is 5.56. The number of nitrogens with zero attached hydrogens (tertiary/aromatic N) is 2. The van der Waals surface area contributed by atoms with Gasteiger partial charge >= 0.3 is 12.8 Å². The van der Waals surface area contributed by atoms with Gasteiger partial charge in [0.25, 0.3) is 5.91 Å². The number of hydrogen-bond acceptors (Lipinski definition) is 8. The number of alkyl halides is 5. The summed E-state index contributed by atoms with van der Waals surface area (Å²) < 4.78 is 98.7. The first-order valence-electron chi connectivity index (χ1n) is 13.5. The minimum absolute atomic E-state index is 0.0218. The molecule has 0 spiro atoms. The minimum Gasteiger partial charge on any atom is -0.489 e. The Morgan fingerprint density at radius 1 is 1.09 bits per heavy atom. The Morgan fingerprint density at radius 3 is 2.32 bits per heavy atom. The third-order valence-corrected chi connectivity index (χ3v) is 8.80. The number of aliphatic hydroxyl groups is 1. The van der Waals surface area contributed by atoms with Gasteiger partial charge in [-0.1, -0.05) is 6.92 Å². The Morgan fingerprint density at radius 2 is 1.77 bits per heavy atom. The van der Waals surface area contributed by atoms with E-state index >= 15 is 0 Å². The molecule has 3 atom stereocenters. The van der Waals surface area contributed by atoms with E-state index in [0.29, 0.717) is 5.69 Å². The molecule has 1 saturated heterocycles. The number of anilines is 1. The van der Waals surface area contributed by atoms with Gasteiger partial charge in [-0.3, -0.25) is 9.78 Å². The number of amides is 1. The largest absolute Gasteiger partial charge is 0.489 e. The lowest BCUT2D eigenvalue weighted by molar-refractivity contribution is -0.137. The SMILES string of the molecule is CCS(=O)(=O)c1ccc([C@H](CO)NC(=O)c2ccc(N3CC(Oc4ccc(C(F)(F)F)cc4)C[C@H]3COC(F)F)cc2)nc1. The molecule has 1 aliphatic rings. The highest BCUT2D eigenvalue weighted by Crippen LogP contribution is 2.32. The molecule has 238 valence electrons. The molecule has 9 nitrogen and oxygen atoms in total. The van der Waals surface area contributed by atoms with Crippen molar-refractivity contribution in [2.75, 3.05) is 30.4 Å². The van der Waals surface area contributed by atoms with Crippen LogP contribution in [-0.2, 0) is 20.8 Å². The molecule has 2 aromatic carbocycles. The van der Waals surface area contributed by atoms with Crippen LogP contribution in [0.3, 0.4) is 0 Å². The number of hydrogen-bond donors (Lipinski definition) is 2. The molecule has 1 fully saturated rings. The first kappa shape index (κ1) is 33.1. The molecule has 3 aromatic rings. The number of carbonyl (C=O) groups excluding carboxylic acids is 1. The molecule has 2 N–H and O–H groups in total. The monoisotopic (exact) mass is 643 g/mol. The van der Waals surface area contributed by atoms with E-state index in [-0.39, 0.29) is 47.2 Å². The molecule has 1 amide bonds. The number of aliphatic hydroxyl groups excluding tert-OH is 1. The van der Waals surface area contributed by atoms with Gasteiger partial charge in [0.15, 0.2) is 9.84 Å². The third-order valence-electron chi connectivity index (χ3n) is 7.08. The summed E-state index contributed by atoms with van der Waals surface area (Å²) in [5, 5.41) is 12.5. The number of rotatable bonds is 12. The van der Waals surface area contributed by atoms with Crippen LogP contribution in [0.15, 0.2) is 71.8 Å². The summed E-state index contributed by atoms with van der Waals surface area (Å²) in [6.07, 6.45) is -3.63. The number of nitrogens with one attached hydrogen (secondary N) is 1. The van der Waals surface area contributed by atoms with Crippen LogP contribution in [0.5, 0.6) is 5.75 Å². The summed E-state index contributed by atoms with van der Waals surface area (Å²) >= 11 is 0. The summed E-state index contributed by atoms with van der Waals surface area (Å²) in [7, 11) is -3.47. The van der Waals surface area contributed by atoms with Crippen molar-refractivity contribution in [1.82, 2.24) is 10.3 Å². The molecule has 44 heavy (non-hydrogen) atoms. The molecule has 0 saturated carbocycles. The molecule has 1 aliphatic heterocycles. The van der Waals surface area contributed by atoms with Crippen LogP contribution in [0.2, 0.25) is 0 Å². The molecular weight excluding hydrogens is 613 g/mol. The van der Waals surface area contributed by atoms with Gasteiger partial charge in [-0.25, -0.2) is 8.42 Å². The Labute approximate surface area is 250 Å². The molecular formula is C29H30F5N3O6S. The predicted molar refractivity (Wildman–Crippen MR) is 149 cm³/mol. The van der Waals surface area contributed by atoms with Crippen LogP contribution in [-0.4, -0.2) is 68.7 Å². The number of pyridine rings is 1. The smallest absolute Gasteiger partial charge is 0.416 e. The van der Waals surface area contributed by atoms with Crippen molar-refractivity contribution < 1.29 is 49.7 Å². The Bertz CT molecular complexity index is 1500. The average Bonchev–Trinajstić information content (AvgIpc) is 3.41. The number of aromatic nitrogens is 1. The first-order valence-corrected chi connectivity index (χ1v) is 15.2. The zero-order chi connectivity index (χ0) is 32.1. The van der Waals surface area contributed by atoms with E-state index in [0.717, 1.165) is 18.3 Å². The predicted octanol–water partition coefficient (Wildman–Crippen LogP) is 4.62. The Balaban J connectivity index is 1.44. The van der Waals surface area contributed by atoms with Crippen molar-refractivity contribution in [3.8, 4) is 5.75 Å². The molecule has 1 aromatic heterocycles. The van der Waals surface area contributed by atoms with E-state index in [4.69, 9.17) is 4.74 Å². The highest BCUT2D eigenvalue weighted by Gasteiger charge is 2.35. The highest BCUT2D eigenvalue weighted by molar-refractivity contribution is 7.91. The topological polar surface area (TPSA) is 118 Å². The van der Waals surface area contributed by atoms with Crippen molar-refractivity contribution in [2.45, 2.75) is 49.2 Å². The normalized spacial score (nSPS) is 18.0. The standard InChI is InChI=1S/C29H30F5N3O6S/c1-2-44(40,41)24-11-12-25(35-14-24)26(16-38)36-27(39)18-3-7-20(8-4-18)37-15-23(13-21(37)17-42-28(30)31)43-22-9-5-19(6-10-22)29(32,33)34/h3-12,14,21,23,26,28,38H,2,13,15-17H2,1H3,(H,36,39)/t21-,23?,26-/m0/s1. The molecule has 2 heterocycles. The van der Waals surface area contributed by atoms with Crippen LogP contribution >= 0.6 is 0 Å². The quantitative estimate of drug-likeness (QED) is 0.275. The van der Waals surface area contributed by atoms with Crippen molar-refractivity contribution in [2.24, 2.45) is 0 Å². The van der Waals surface area contributed by atoms with Gasteiger partial charge in [0.1, 0.15) is 11.9 Å². The summed E-state index contributed by atoms with van der Waals surface area (Å²) in [5.41, 5.74) is 0.211. The van der Waals surface area contributed by atoms with Crippen LogP contribution < -0.4 is 15.0 Å². The number of ether oxygens (including phenoxy) is 2. The summed E-state index contributed by atoms with van der Waals surface area (Å²) in [5.74, 6) is -0.459. The van der Waals surface area contributed by atoms with E-state index in [9.17, 15) is 40.3 Å². The number of halogens is 5. The number of sulfone groups is 1. The summed E-state index contributed by atoms with van der Waals surface area (Å²) in [4.78, 5) is 18.8. The van der Waals surface area contributed by atoms with E-state index in [1.54, 1.807) is 17.0 Å². The Kier molecular flexibility index (Phi) is 10.4. The van der Waals surface area contributed by atoms with Gasteiger partial charge in [0.05, 0.1) is 53.7 Å². The zero-order valence-electron chi connectivity index (χ0n) is 23.4. The molecule has 0 radical (unpaired) electrons. The highest BCUT2D eigenvalue weighted by atomic mass is 32.2. The van der Waals surface area contributed by atoms with Gasteiger partial charge < -0.3 is 24.8 Å². The molecule has 0 bridgehead atoms. The molecule has 4 rings (SSSR count). The average molecular weight is 644 g/mol. The van der Waals surface area contributed by atoms with Gasteiger partial charge in [-0.2, -0.15) is 22.0 Å². The summed E-state index contributed by atoms with van der Waals surface area (Å²) in [6.45, 7) is -2.13. The second-order valence-electron chi connectivity index (χ2n) is 9.98. The van der Waals surface area contributed by atoms with E-state index < -0.39 is 58.9 Å². The van der Waals surface area contributed by atoms with E-state index in [1.807, 2.05) is 0 Å². The van der Waals surface area contributed by atoms with Crippen molar-refractivity contribution in [3.63, 3.8) is 0 Å². The first-order chi connectivity index (χ1) is 20.8. The van der Waals surface area contributed by atoms with Crippen LogP contribution in [0.4, 0.5) is 27.6 Å². The zero-order valence-corrected chi connectivity index (χ0v) is 24.2. The fourth-order valence-electron chi connectivity index (χ4n) is 4.74. The van der Waals surface area contributed by atoms with Gasteiger partial charge in [-0.15, -0.1) is 0 Å². The lowest BCUT2D eigenvalue weighted by Gasteiger charge is -2.26. The van der Waals surface area contributed by atoms with Gasteiger partial charge in [0, 0.05) is 23.9 Å². The lowest BCUT2D eigenvalue weighted by Crippen LogP contribution is -2.34. The van der Waals surface area contributed by atoms with Crippen molar-refractivity contribution in [1.29, 1.82) is 0 Å². The molecule has 1 unspecified atom stereocenters. The fraction of sp³-hybridized carbons (Fsp3) is 0.379. The van der Waals surface area contributed by atoms with Crippen molar-refractivity contribution in [3.05, 3.63) is 83.7 Å². The Hall–Kier alpha value is -3.82. The maximum atomic E-state index is 12.9. The second kappa shape index (κ2) is 13.9. The van der Waals surface area contributed by atoms with E-state index in [1.165, 1.54) is 43.3 Å². The second-order valence-corrected chi connectivity index (χ2v) is 12.3. The maximum absolute atomic E-state index is 12.9. The van der Waals surface area contributed by atoms with Gasteiger partial charge in [0.2, 0.25) is 0 Å². The number of carbonyl (C=O) groups is 1. The summed E-state index contributed by atoms with van der Waals surface area (Å²) in [6, 6.07) is 11.7. The third kappa shape index (κ3) is 8.21. The number of benzene rings is 2. The van der Waals surface area contributed by atoms with Crippen LogP contribution in [0, 0.1) is 0 Å². The lowest BCUT2D eigenvalue weighted by atomic mass is 10.1. The van der Waals surface area contributed by atoms with Crippen LogP contribution in [0.1, 0.15) is 41.0 Å². The molecule has 15 heteroatoms. The van der Waals surface area contributed by atoms with Crippen molar-refractivity contribution >= 4 is 21.4 Å². The molecule has 0 aliphatic carbocycles. The maximum Gasteiger partial charge on any atom is 0.416 e. The minimum atomic E-state index is -4.50. The van der Waals surface area contributed by atoms with E-state index in [2.05, 4.69) is 15.0 Å². The van der Waals surface area contributed by atoms with Crippen LogP contribution in [0.25, 0.3) is 0 Å². The van der Waals surface area contributed by atoms with Gasteiger partial charge in [-0.05, 0) is 60.7 Å².